The van der Waals surface area contributed by atoms with Gasteiger partial charge in [0.2, 0.25) is 0 Å². The van der Waals surface area contributed by atoms with Crippen molar-refractivity contribution in [2.45, 2.75) is 20.8 Å². The predicted octanol–water partition coefficient (Wildman–Crippen LogP) is 6.18. The molecule has 0 saturated carbocycles. The highest BCUT2D eigenvalue weighted by Crippen LogP contribution is 2.32. The quantitative estimate of drug-likeness (QED) is 0.400. The Hall–Kier alpha value is -3.86. The number of nitrogens with zero attached hydrogens (tertiary/aromatic N) is 1. The minimum Gasteiger partial charge on any atom is -0.497 e. The number of fused-ring (bicyclic) bond motifs is 1. The summed E-state index contributed by atoms with van der Waals surface area (Å²) in [4.78, 5) is 17.7. The summed E-state index contributed by atoms with van der Waals surface area (Å²) in [6.07, 6.45) is 0. The number of aromatic nitrogens is 1. The first kappa shape index (κ1) is 21.4. The van der Waals surface area contributed by atoms with Crippen molar-refractivity contribution in [3.8, 4) is 22.8 Å². The number of rotatable bonds is 6. The van der Waals surface area contributed by atoms with E-state index in [-0.39, 0.29) is 5.91 Å². The van der Waals surface area contributed by atoms with Gasteiger partial charge < -0.3 is 14.8 Å². The van der Waals surface area contributed by atoms with Gasteiger partial charge in [0, 0.05) is 28.3 Å². The van der Waals surface area contributed by atoms with Crippen LogP contribution >= 0.6 is 0 Å². The Kier molecular flexibility index (Phi) is 6.08. The van der Waals surface area contributed by atoms with E-state index in [1.807, 2.05) is 75.4 Å². The number of carbonyl (C=O) groups excluding carboxylic acids is 1. The van der Waals surface area contributed by atoms with E-state index in [1.54, 1.807) is 13.2 Å². The average molecular weight is 427 g/mol. The van der Waals surface area contributed by atoms with Crippen LogP contribution in [0.1, 0.15) is 28.4 Å². The Morgan fingerprint density at radius 3 is 2.47 bits per heavy atom. The number of hydrogen-bond acceptors (Lipinski definition) is 4. The van der Waals surface area contributed by atoms with E-state index in [0.29, 0.717) is 17.9 Å². The van der Waals surface area contributed by atoms with Gasteiger partial charge in [0.25, 0.3) is 5.91 Å². The molecule has 162 valence electrons. The zero-order chi connectivity index (χ0) is 22.7. The highest BCUT2D eigenvalue weighted by atomic mass is 16.5. The van der Waals surface area contributed by atoms with Gasteiger partial charge in [-0.15, -0.1) is 0 Å². The number of aryl methyl sites for hydroxylation is 2. The number of pyridine rings is 1. The van der Waals surface area contributed by atoms with Crippen molar-refractivity contribution >= 4 is 22.5 Å². The fourth-order valence-electron chi connectivity index (χ4n) is 3.79. The molecule has 0 atom stereocenters. The number of hydrogen-bond donors (Lipinski definition) is 1. The van der Waals surface area contributed by atoms with Crippen LogP contribution in [0.25, 0.3) is 22.2 Å². The molecular weight excluding hydrogens is 400 g/mol. The SMILES string of the molecule is CCOc1cc(-c2cccc(OC)c2)nc2ccc(C(=O)Nc3cc(C)cc(C)c3)cc12. The lowest BCUT2D eigenvalue weighted by atomic mass is 10.1. The second-order valence-electron chi connectivity index (χ2n) is 7.73. The maximum atomic E-state index is 12.9. The Bertz CT molecular complexity index is 1280. The van der Waals surface area contributed by atoms with Crippen molar-refractivity contribution in [1.29, 1.82) is 0 Å². The Morgan fingerprint density at radius 2 is 1.75 bits per heavy atom. The molecule has 3 aromatic carbocycles. The fraction of sp³-hybridized carbons (Fsp3) is 0.185. The topological polar surface area (TPSA) is 60.5 Å². The lowest BCUT2D eigenvalue weighted by Gasteiger charge is -2.13. The largest absolute Gasteiger partial charge is 0.497 e. The first-order valence-corrected chi connectivity index (χ1v) is 10.6. The van der Waals surface area contributed by atoms with E-state index >= 15 is 0 Å². The van der Waals surface area contributed by atoms with Crippen LogP contribution in [0.3, 0.4) is 0 Å². The maximum Gasteiger partial charge on any atom is 0.255 e. The minimum atomic E-state index is -0.170. The van der Waals surface area contributed by atoms with Gasteiger partial charge >= 0.3 is 0 Å². The molecule has 1 aromatic heterocycles. The van der Waals surface area contributed by atoms with Crippen LogP contribution in [0.5, 0.6) is 11.5 Å². The van der Waals surface area contributed by atoms with Gasteiger partial charge in [0.05, 0.1) is 24.9 Å². The second-order valence-corrected chi connectivity index (χ2v) is 7.73. The average Bonchev–Trinajstić information content (AvgIpc) is 2.78. The number of carbonyl (C=O) groups is 1. The van der Waals surface area contributed by atoms with Crippen LogP contribution in [0, 0.1) is 13.8 Å². The third kappa shape index (κ3) is 4.57. The van der Waals surface area contributed by atoms with E-state index in [1.165, 1.54) is 0 Å². The molecule has 5 heteroatoms. The van der Waals surface area contributed by atoms with Crippen molar-refractivity contribution in [3.63, 3.8) is 0 Å². The smallest absolute Gasteiger partial charge is 0.255 e. The molecule has 1 N–H and O–H groups in total. The summed E-state index contributed by atoms with van der Waals surface area (Å²) in [6.45, 7) is 6.47. The van der Waals surface area contributed by atoms with Crippen molar-refractivity contribution < 1.29 is 14.3 Å². The third-order valence-electron chi connectivity index (χ3n) is 5.18. The van der Waals surface area contributed by atoms with E-state index in [2.05, 4.69) is 11.4 Å². The molecule has 4 rings (SSSR count). The summed E-state index contributed by atoms with van der Waals surface area (Å²) in [5.74, 6) is 1.29. The molecule has 0 unspecified atom stereocenters. The van der Waals surface area contributed by atoms with Crippen molar-refractivity contribution in [2.75, 3.05) is 19.0 Å². The summed E-state index contributed by atoms with van der Waals surface area (Å²) in [5, 5.41) is 3.79. The molecular formula is C27H26N2O3. The van der Waals surface area contributed by atoms with Crippen LogP contribution in [-0.2, 0) is 0 Å². The Labute approximate surface area is 188 Å². The van der Waals surface area contributed by atoms with Gasteiger partial charge in [-0.25, -0.2) is 4.98 Å². The molecule has 32 heavy (non-hydrogen) atoms. The first-order chi connectivity index (χ1) is 15.5. The maximum absolute atomic E-state index is 12.9. The molecule has 0 radical (unpaired) electrons. The number of methoxy groups -OCH3 is 1. The molecule has 1 heterocycles. The lowest BCUT2D eigenvalue weighted by Crippen LogP contribution is -2.12. The van der Waals surface area contributed by atoms with Crippen LogP contribution < -0.4 is 14.8 Å². The van der Waals surface area contributed by atoms with Gasteiger partial charge in [-0.2, -0.15) is 0 Å². The van der Waals surface area contributed by atoms with Crippen LogP contribution in [0.15, 0.2) is 66.7 Å². The van der Waals surface area contributed by atoms with Crippen LogP contribution in [-0.4, -0.2) is 24.6 Å². The first-order valence-electron chi connectivity index (χ1n) is 10.6. The monoisotopic (exact) mass is 426 g/mol. The number of nitrogens with one attached hydrogen (secondary N) is 1. The lowest BCUT2D eigenvalue weighted by molar-refractivity contribution is 0.102. The summed E-state index contributed by atoms with van der Waals surface area (Å²) < 4.78 is 11.3. The number of anilines is 1. The number of amides is 1. The number of benzene rings is 3. The molecule has 0 aliphatic rings. The summed E-state index contributed by atoms with van der Waals surface area (Å²) in [6, 6.07) is 21.1. The zero-order valence-corrected chi connectivity index (χ0v) is 18.7. The van der Waals surface area contributed by atoms with E-state index < -0.39 is 0 Å². The zero-order valence-electron chi connectivity index (χ0n) is 18.7. The number of ether oxygens (including phenoxy) is 2. The molecule has 1 amide bonds. The van der Waals surface area contributed by atoms with Crippen molar-refractivity contribution in [3.05, 3.63) is 83.4 Å². The van der Waals surface area contributed by atoms with Crippen LogP contribution in [0.4, 0.5) is 5.69 Å². The molecule has 0 fully saturated rings. The van der Waals surface area contributed by atoms with Crippen LogP contribution in [0.2, 0.25) is 0 Å². The van der Waals surface area contributed by atoms with Crippen molar-refractivity contribution in [2.24, 2.45) is 0 Å². The molecule has 4 aromatic rings. The fourth-order valence-corrected chi connectivity index (χ4v) is 3.79. The van der Waals surface area contributed by atoms with Gasteiger partial charge in [0.1, 0.15) is 11.5 Å². The van der Waals surface area contributed by atoms with Gasteiger partial charge in [0.15, 0.2) is 0 Å². The van der Waals surface area contributed by atoms with Gasteiger partial charge in [-0.05, 0) is 74.4 Å². The summed E-state index contributed by atoms with van der Waals surface area (Å²) in [7, 11) is 1.64. The standard InChI is InChI=1S/C27H26N2O3/c1-5-32-26-16-25(19-7-6-8-22(14-19)31-4)29-24-10-9-20(15-23(24)26)27(30)28-21-12-17(2)11-18(3)13-21/h6-16H,5H2,1-4H3,(H,28,30). The van der Waals surface area contributed by atoms with Gasteiger partial charge in [-0.3, -0.25) is 4.79 Å². The highest BCUT2D eigenvalue weighted by molar-refractivity contribution is 6.07. The Morgan fingerprint density at radius 1 is 0.969 bits per heavy atom. The molecule has 0 spiro atoms. The molecule has 0 bridgehead atoms. The predicted molar refractivity (Wildman–Crippen MR) is 129 cm³/mol. The molecule has 0 saturated heterocycles. The minimum absolute atomic E-state index is 0.170. The third-order valence-corrected chi connectivity index (χ3v) is 5.18. The highest BCUT2D eigenvalue weighted by Gasteiger charge is 2.13. The second kappa shape index (κ2) is 9.10. The Balaban J connectivity index is 1.72. The molecule has 0 aliphatic carbocycles. The van der Waals surface area contributed by atoms with Crippen molar-refractivity contribution in [1.82, 2.24) is 4.98 Å². The van der Waals surface area contributed by atoms with E-state index in [9.17, 15) is 4.79 Å². The summed E-state index contributed by atoms with van der Waals surface area (Å²) >= 11 is 0. The van der Waals surface area contributed by atoms with E-state index in [4.69, 9.17) is 14.5 Å². The van der Waals surface area contributed by atoms with Gasteiger partial charge in [-0.1, -0.05) is 18.2 Å². The summed E-state index contributed by atoms with van der Waals surface area (Å²) in [5.41, 5.74) is 6.02. The molecule has 0 aliphatic heterocycles. The molecule has 5 nitrogen and oxygen atoms in total. The van der Waals surface area contributed by atoms with E-state index in [0.717, 1.165) is 44.7 Å². The normalized spacial score (nSPS) is 10.8.